The van der Waals surface area contributed by atoms with Crippen molar-refractivity contribution < 1.29 is 19.0 Å². The van der Waals surface area contributed by atoms with Crippen LogP contribution < -0.4 is 4.74 Å². The number of hydrogen-bond donors (Lipinski definition) is 0. The Morgan fingerprint density at radius 3 is 3.07 bits per heavy atom. The molecule has 0 amide bonds. The van der Waals surface area contributed by atoms with Gasteiger partial charge < -0.3 is 14.2 Å². The molecule has 0 bridgehead atoms. The summed E-state index contributed by atoms with van der Waals surface area (Å²) in [6, 6.07) is 7.26. The lowest BCUT2D eigenvalue weighted by Crippen LogP contribution is -2.24. The summed E-state index contributed by atoms with van der Waals surface area (Å²) in [5.74, 6) is 0.273. The van der Waals surface area contributed by atoms with E-state index in [-0.39, 0.29) is 6.79 Å². The molecule has 0 aliphatic carbocycles. The van der Waals surface area contributed by atoms with E-state index in [9.17, 15) is 4.79 Å². The van der Waals surface area contributed by atoms with E-state index in [4.69, 9.17) is 9.47 Å². The van der Waals surface area contributed by atoms with Crippen molar-refractivity contribution in [2.45, 2.75) is 6.10 Å². The largest absolute Gasteiger partial charge is 0.467 e. The summed E-state index contributed by atoms with van der Waals surface area (Å²) in [5.41, 5.74) is 0.714. The van der Waals surface area contributed by atoms with Crippen molar-refractivity contribution in [3.8, 4) is 5.75 Å². The van der Waals surface area contributed by atoms with Gasteiger partial charge in [0.1, 0.15) is 5.75 Å². The number of esters is 1. The topological polar surface area (TPSA) is 44.8 Å². The SMILES string of the molecule is COC(=O)C1OCOc2ccccc21. The molecule has 1 aromatic rings. The molecule has 4 heteroatoms. The third-order valence-corrected chi connectivity index (χ3v) is 2.07. The van der Waals surface area contributed by atoms with Crippen molar-refractivity contribution in [2.24, 2.45) is 0 Å². The summed E-state index contributed by atoms with van der Waals surface area (Å²) in [4.78, 5) is 11.3. The normalized spacial score (nSPS) is 19.4. The molecule has 0 radical (unpaired) electrons. The molecular weight excluding hydrogens is 184 g/mol. The second-order valence-corrected chi connectivity index (χ2v) is 2.87. The van der Waals surface area contributed by atoms with E-state index < -0.39 is 12.1 Å². The number of rotatable bonds is 1. The summed E-state index contributed by atoms with van der Waals surface area (Å²) in [7, 11) is 1.34. The smallest absolute Gasteiger partial charge is 0.339 e. The third-order valence-electron chi connectivity index (χ3n) is 2.07. The number of benzene rings is 1. The van der Waals surface area contributed by atoms with Crippen LogP contribution in [-0.2, 0) is 14.3 Å². The standard InChI is InChI=1S/C10H10O4/c1-12-10(11)9-7-4-2-3-5-8(7)13-6-14-9/h2-5,9H,6H2,1H3. The molecule has 0 N–H and O–H groups in total. The highest BCUT2D eigenvalue weighted by molar-refractivity contribution is 5.77. The fourth-order valence-electron chi connectivity index (χ4n) is 1.39. The van der Waals surface area contributed by atoms with Crippen LogP contribution in [0.5, 0.6) is 5.75 Å². The first-order valence-corrected chi connectivity index (χ1v) is 4.24. The number of methoxy groups -OCH3 is 1. The van der Waals surface area contributed by atoms with Gasteiger partial charge in [-0.3, -0.25) is 0 Å². The average molecular weight is 194 g/mol. The zero-order valence-electron chi connectivity index (χ0n) is 7.73. The van der Waals surface area contributed by atoms with Gasteiger partial charge in [0, 0.05) is 5.56 Å². The lowest BCUT2D eigenvalue weighted by Gasteiger charge is -2.23. The average Bonchev–Trinajstić information content (AvgIpc) is 2.27. The molecule has 1 aliphatic heterocycles. The second-order valence-electron chi connectivity index (χ2n) is 2.87. The fraction of sp³-hybridized carbons (Fsp3) is 0.300. The predicted octanol–water partition coefficient (Wildman–Crippen LogP) is 1.27. The minimum absolute atomic E-state index is 0.0801. The van der Waals surface area contributed by atoms with Crippen LogP contribution in [0.3, 0.4) is 0 Å². The monoisotopic (exact) mass is 194 g/mol. The quantitative estimate of drug-likeness (QED) is 0.631. The minimum Gasteiger partial charge on any atom is -0.467 e. The molecule has 0 saturated heterocycles. The summed E-state index contributed by atoms with van der Waals surface area (Å²) in [6.07, 6.45) is -0.662. The lowest BCUT2D eigenvalue weighted by molar-refractivity contribution is -0.163. The molecule has 1 unspecified atom stereocenters. The number of para-hydroxylation sites is 1. The van der Waals surface area contributed by atoms with Gasteiger partial charge in [-0.05, 0) is 6.07 Å². The Bertz CT molecular complexity index is 348. The van der Waals surface area contributed by atoms with Crippen LogP contribution in [0.1, 0.15) is 11.7 Å². The second kappa shape index (κ2) is 3.67. The first-order valence-electron chi connectivity index (χ1n) is 4.24. The number of ether oxygens (including phenoxy) is 3. The molecule has 1 atom stereocenters. The number of fused-ring (bicyclic) bond motifs is 1. The molecular formula is C10H10O4. The Kier molecular flexibility index (Phi) is 2.37. The summed E-state index contributed by atoms with van der Waals surface area (Å²) < 4.78 is 15.0. The summed E-state index contributed by atoms with van der Waals surface area (Å²) in [6.45, 7) is 0.0801. The Morgan fingerprint density at radius 2 is 2.29 bits per heavy atom. The molecule has 1 aliphatic rings. The molecule has 74 valence electrons. The van der Waals surface area contributed by atoms with E-state index in [1.807, 2.05) is 12.1 Å². The van der Waals surface area contributed by atoms with Gasteiger partial charge in [-0.15, -0.1) is 0 Å². The Morgan fingerprint density at radius 1 is 1.50 bits per heavy atom. The third kappa shape index (κ3) is 1.44. The van der Waals surface area contributed by atoms with E-state index >= 15 is 0 Å². The Labute approximate surface area is 81.4 Å². The lowest BCUT2D eigenvalue weighted by atomic mass is 10.1. The van der Waals surface area contributed by atoms with Gasteiger partial charge in [0.25, 0.3) is 0 Å². The first kappa shape index (κ1) is 9.02. The van der Waals surface area contributed by atoms with Crippen LogP contribution in [0.15, 0.2) is 24.3 Å². The molecule has 14 heavy (non-hydrogen) atoms. The highest BCUT2D eigenvalue weighted by Gasteiger charge is 2.28. The highest BCUT2D eigenvalue weighted by atomic mass is 16.7. The van der Waals surface area contributed by atoms with E-state index in [2.05, 4.69) is 4.74 Å². The minimum atomic E-state index is -0.662. The zero-order chi connectivity index (χ0) is 9.97. The number of hydrogen-bond acceptors (Lipinski definition) is 4. The molecule has 1 aromatic carbocycles. The van der Waals surface area contributed by atoms with Crippen molar-refractivity contribution in [1.29, 1.82) is 0 Å². The van der Waals surface area contributed by atoms with Gasteiger partial charge >= 0.3 is 5.97 Å². The maximum atomic E-state index is 11.3. The van der Waals surface area contributed by atoms with Crippen LogP contribution in [-0.4, -0.2) is 19.9 Å². The van der Waals surface area contributed by atoms with E-state index in [1.54, 1.807) is 12.1 Å². The van der Waals surface area contributed by atoms with Crippen LogP contribution in [0.25, 0.3) is 0 Å². The molecule has 1 heterocycles. The van der Waals surface area contributed by atoms with Gasteiger partial charge in [0.15, 0.2) is 12.9 Å². The molecule has 0 aromatic heterocycles. The van der Waals surface area contributed by atoms with Crippen molar-refractivity contribution in [1.82, 2.24) is 0 Å². The van der Waals surface area contributed by atoms with E-state index in [0.29, 0.717) is 11.3 Å². The van der Waals surface area contributed by atoms with Crippen molar-refractivity contribution in [3.05, 3.63) is 29.8 Å². The van der Waals surface area contributed by atoms with E-state index in [1.165, 1.54) is 7.11 Å². The van der Waals surface area contributed by atoms with Crippen LogP contribution in [0.4, 0.5) is 0 Å². The van der Waals surface area contributed by atoms with Crippen molar-refractivity contribution >= 4 is 5.97 Å². The van der Waals surface area contributed by atoms with Gasteiger partial charge in [0.05, 0.1) is 7.11 Å². The Hall–Kier alpha value is -1.55. The van der Waals surface area contributed by atoms with Crippen LogP contribution >= 0.6 is 0 Å². The maximum Gasteiger partial charge on any atom is 0.339 e. The van der Waals surface area contributed by atoms with Crippen LogP contribution in [0.2, 0.25) is 0 Å². The van der Waals surface area contributed by atoms with Gasteiger partial charge in [-0.25, -0.2) is 4.79 Å². The first-order chi connectivity index (χ1) is 6.83. The fourth-order valence-corrected chi connectivity index (χ4v) is 1.39. The summed E-state index contributed by atoms with van der Waals surface area (Å²) >= 11 is 0. The summed E-state index contributed by atoms with van der Waals surface area (Å²) in [5, 5.41) is 0. The molecule has 4 nitrogen and oxygen atoms in total. The molecule has 2 rings (SSSR count). The number of carbonyl (C=O) groups excluding carboxylic acids is 1. The highest BCUT2D eigenvalue weighted by Crippen LogP contribution is 2.31. The van der Waals surface area contributed by atoms with Crippen molar-refractivity contribution in [3.63, 3.8) is 0 Å². The van der Waals surface area contributed by atoms with Crippen LogP contribution in [0, 0.1) is 0 Å². The van der Waals surface area contributed by atoms with Gasteiger partial charge in [-0.2, -0.15) is 0 Å². The van der Waals surface area contributed by atoms with Crippen molar-refractivity contribution in [2.75, 3.05) is 13.9 Å². The Balaban J connectivity index is 2.35. The maximum absolute atomic E-state index is 11.3. The molecule has 0 saturated carbocycles. The van der Waals surface area contributed by atoms with Gasteiger partial charge in [0.2, 0.25) is 0 Å². The number of carbonyl (C=O) groups is 1. The zero-order valence-corrected chi connectivity index (χ0v) is 7.73. The molecule has 0 fully saturated rings. The van der Waals surface area contributed by atoms with E-state index in [0.717, 1.165) is 0 Å². The molecule has 0 spiro atoms. The predicted molar refractivity (Wildman–Crippen MR) is 47.8 cm³/mol. The van der Waals surface area contributed by atoms with Gasteiger partial charge in [-0.1, -0.05) is 18.2 Å².